The van der Waals surface area contributed by atoms with E-state index in [0.717, 1.165) is 16.5 Å². The molecule has 0 amide bonds. The maximum Gasteiger partial charge on any atom is 0.230 e. The number of fused-ring (bicyclic) bond motifs is 1. The van der Waals surface area contributed by atoms with Crippen LogP contribution in [0.1, 0.15) is 11.3 Å². The van der Waals surface area contributed by atoms with Crippen LogP contribution in [0.3, 0.4) is 0 Å². The molecule has 0 radical (unpaired) electrons. The second-order valence-electron chi connectivity index (χ2n) is 5.54. The van der Waals surface area contributed by atoms with E-state index >= 15 is 0 Å². The van der Waals surface area contributed by atoms with Crippen molar-refractivity contribution in [2.24, 2.45) is 0 Å². The van der Waals surface area contributed by atoms with Crippen LogP contribution in [-0.2, 0) is 0 Å². The fraction of sp³-hybridized carbons (Fsp3) is 0.105. The number of hydrogen-bond acceptors (Lipinski definition) is 4. The van der Waals surface area contributed by atoms with Gasteiger partial charge in [0.25, 0.3) is 0 Å². The minimum atomic E-state index is -0.375. The van der Waals surface area contributed by atoms with E-state index in [1.54, 1.807) is 43.0 Å². The molecule has 0 bridgehead atoms. The Hall–Kier alpha value is -3.08. The average Bonchev–Trinajstić information content (AvgIpc) is 3.16. The fourth-order valence-corrected chi connectivity index (χ4v) is 2.80. The SMILES string of the molecule is Cc1coc(C)c1-c1ccc(Oc2nccc3occc23)cc1F. The first-order valence-electron chi connectivity index (χ1n) is 7.48. The van der Waals surface area contributed by atoms with Crippen LogP contribution in [0.2, 0.25) is 0 Å². The first-order chi connectivity index (χ1) is 11.6. The molecule has 4 nitrogen and oxygen atoms in total. The molecular formula is C19H14FNO3. The molecule has 0 saturated carbocycles. The van der Waals surface area contributed by atoms with E-state index < -0.39 is 0 Å². The quantitative estimate of drug-likeness (QED) is 0.490. The van der Waals surface area contributed by atoms with Gasteiger partial charge in [0.2, 0.25) is 5.88 Å². The van der Waals surface area contributed by atoms with E-state index in [2.05, 4.69) is 4.98 Å². The third-order valence-corrected chi connectivity index (χ3v) is 3.93. The monoisotopic (exact) mass is 323 g/mol. The Balaban J connectivity index is 1.71. The van der Waals surface area contributed by atoms with Gasteiger partial charge in [-0.1, -0.05) is 0 Å². The molecule has 0 spiro atoms. The predicted octanol–water partition coefficient (Wildman–Crippen LogP) is 5.64. The number of halogens is 1. The number of pyridine rings is 1. The summed E-state index contributed by atoms with van der Waals surface area (Å²) in [6, 6.07) is 8.26. The molecule has 0 aliphatic heterocycles. The Bertz CT molecular complexity index is 1010. The Morgan fingerprint density at radius 3 is 2.71 bits per heavy atom. The molecule has 5 heteroatoms. The number of ether oxygens (including phenoxy) is 1. The van der Waals surface area contributed by atoms with Crippen molar-refractivity contribution in [3.05, 3.63) is 66.2 Å². The Morgan fingerprint density at radius 1 is 1.08 bits per heavy atom. The second kappa shape index (κ2) is 5.53. The summed E-state index contributed by atoms with van der Waals surface area (Å²) in [6.07, 6.45) is 4.77. The van der Waals surface area contributed by atoms with Crippen LogP contribution in [0.25, 0.3) is 22.1 Å². The highest BCUT2D eigenvalue weighted by molar-refractivity contribution is 5.82. The highest BCUT2D eigenvalue weighted by Gasteiger charge is 2.15. The Labute approximate surface area is 137 Å². The van der Waals surface area contributed by atoms with E-state index in [0.29, 0.717) is 28.5 Å². The minimum Gasteiger partial charge on any atom is -0.469 e. The molecule has 120 valence electrons. The number of rotatable bonds is 3. The van der Waals surface area contributed by atoms with Crippen LogP contribution in [0.4, 0.5) is 4.39 Å². The zero-order chi connectivity index (χ0) is 16.7. The number of aryl methyl sites for hydroxylation is 2. The predicted molar refractivity (Wildman–Crippen MR) is 87.7 cm³/mol. The molecule has 0 saturated heterocycles. The lowest BCUT2D eigenvalue weighted by Crippen LogP contribution is -1.91. The summed E-state index contributed by atoms with van der Waals surface area (Å²) in [4.78, 5) is 4.18. The van der Waals surface area contributed by atoms with Gasteiger partial charge in [0.05, 0.1) is 17.9 Å². The number of furan rings is 2. The molecule has 0 unspecified atom stereocenters. The maximum absolute atomic E-state index is 14.6. The third-order valence-electron chi connectivity index (χ3n) is 3.93. The number of aromatic nitrogens is 1. The van der Waals surface area contributed by atoms with Gasteiger partial charge in [0.1, 0.15) is 22.9 Å². The molecule has 24 heavy (non-hydrogen) atoms. The largest absolute Gasteiger partial charge is 0.469 e. The molecule has 1 aromatic carbocycles. The molecule has 0 aliphatic carbocycles. The lowest BCUT2D eigenvalue weighted by Gasteiger charge is -2.08. The molecule has 4 aromatic rings. The number of nitrogens with zero attached hydrogens (tertiary/aromatic N) is 1. The van der Waals surface area contributed by atoms with Gasteiger partial charge >= 0.3 is 0 Å². The molecule has 0 aliphatic rings. The summed E-state index contributed by atoms with van der Waals surface area (Å²) in [6.45, 7) is 3.70. The van der Waals surface area contributed by atoms with Crippen LogP contribution in [0.15, 0.2) is 57.9 Å². The van der Waals surface area contributed by atoms with E-state index in [1.165, 1.54) is 6.07 Å². The maximum atomic E-state index is 14.6. The van der Waals surface area contributed by atoms with Crippen molar-refractivity contribution in [3.63, 3.8) is 0 Å². The molecule has 0 atom stereocenters. The molecular weight excluding hydrogens is 309 g/mol. The van der Waals surface area contributed by atoms with Crippen molar-refractivity contribution < 1.29 is 18.0 Å². The van der Waals surface area contributed by atoms with Gasteiger partial charge in [-0.15, -0.1) is 0 Å². The first-order valence-corrected chi connectivity index (χ1v) is 7.48. The lowest BCUT2D eigenvalue weighted by atomic mass is 10.0. The summed E-state index contributed by atoms with van der Waals surface area (Å²) in [5.74, 6) is 1.06. The van der Waals surface area contributed by atoms with Gasteiger partial charge < -0.3 is 13.6 Å². The summed E-state index contributed by atoms with van der Waals surface area (Å²) >= 11 is 0. The molecule has 3 heterocycles. The van der Waals surface area contributed by atoms with E-state index in [1.807, 2.05) is 13.8 Å². The van der Waals surface area contributed by atoms with Gasteiger partial charge in [-0.05, 0) is 43.7 Å². The van der Waals surface area contributed by atoms with Gasteiger partial charge in [0.15, 0.2) is 0 Å². The summed E-state index contributed by atoms with van der Waals surface area (Å²) in [7, 11) is 0. The topological polar surface area (TPSA) is 48.4 Å². The lowest BCUT2D eigenvalue weighted by molar-refractivity contribution is 0.464. The fourth-order valence-electron chi connectivity index (χ4n) is 2.80. The zero-order valence-corrected chi connectivity index (χ0v) is 13.2. The normalized spacial score (nSPS) is 11.1. The van der Waals surface area contributed by atoms with Crippen LogP contribution in [0.5, 0.6) is 11.6 Å². The van der Waals surface area contributed by atoms with E-state index in [9.17, 15) is 4.39 Å². The van der Waals surface area contributed by atoms with Gasteiger partial charge in [-0.2, -0.15) is 0 Å². The molecule has 0 N–H and O–H groups in total. The standard InChI is InChI=1S/C19H14FNO3/c1-11-10-23-12(2)18(11)14-4-3-13(9-16(14)20)24-19-15-6-8-22-17(15)5-7-21-19/h3-10H,1-2H3. The van der Waals surface area contributed by atoms with Crippen molar-refractivity contribution in [1.29, 1.82) is 0 Å². The Morgan fingerprint density at radius 2 is 1.96 bits per heavy atom. The van der Waals surface area contributed by atoms with E-state index in [4.69, 9.17) is 13.6 Å². The zero-order valence-electron chi connectivity index (χ0n) is 13.2. The van der Waals surface area contributed by atoms with Crippen LogP contribution in [0, 0.1) is 19.7 Å². The molecule has 0 fully saturated rings. The summed E-state index contributed by atoms with van der Waals surface area (Å²) in [5, 5.41) is 0.739. The number of hydrogen-bond donors (Lipinski definition) is 0. The number of benzene rings is 1. The van der Waals surface area contributed by atoms with Crippen molar-refractivity contribution in [1.82, 2.24) is 4.98 Å². The average molecular weight is 323 g/mol. The first kappa shape index (κ1) is 14.5. The van der Waals surface area contributed by atoms with Crippen molar-refractivity contribution in [2.75, 3.05) is 0 Å². The van der Waals surface area contributed by atoms with Gasteiger partial charge in [0, 0.05) is 23.4 Å². The summed E-state index contributed by atoms with van der Waals surface area (Å²) in [5.41, 5.74) is 2.82. The van der Waals surface area contributed by atoms with Crippen molar-refractivity contribution >= 4 is 11.0 Å². The Kier molecular flexibility index (Phi) is 3.34. The second-order valence-corrected chi connectivity index (χ2v) is 5.54. The van der Waals surface area contributed by atoms with Crippen LogP contribution in [-0.4, -0.2) is 4.98 Å². The highest BCUT2D eigenvalue weighted by atomic mass is 19.1. The van der Waals surface area contributed by atoms with Crippen LogP contribution >= 0.6 is 0 Å². The van der Waals surface area contributed by atoms with E-state index in [-0.39, 0.29) is 5.82 Å². The molecule has 4 rings (SSSR count). The highest BCUT2D eigenvalue weighted by Crippen LogP contribution is 2.34. The third kappa shape index (κ3) is 2.34. The van der Waals surface area contributed by atoms with Gasteiger partial charge in [-0.25, -0.2) is 9.37 Å². The van der Waals surface area contributed by atoms with Crippen molar-refractivity contribution in [2.45, 2.75) is 13.8 Å². The summed E-state index contributed by atoms with van der Waals surface area (Å²) < 4.78 is 31.0. The van der Waals surface area contributed by atoms with Crippen LogP contribution < -0.4 is 4.74 Å². The van der Waals surface area contributed by atoms with Crippen molar-refractivity contribution in [3.8, 4) is 22.8 Å². The minimum absolute atomic E-state index is 0.372. The molecule has 3 aromatic heterocycles. The smallest absolute Gasteiger partial charge is 0.230 e. The van der Waals surface area contributed by atoms with Gasteiger partial charge in [-0.3, -0.25) is 0 Å².